The maximum absolute atomic E-state index is 11.1. The Kier molecular flexibility index (Phi) is 3.69. The van der Waals surface area contributed by atoms with E-state index >= 15 is 0 Å². The Balaban J connectivity index is 1.99. The van der Waals surface area contributed by atoms with Gasteiger partial charge in [0.15, 0.2) is 0 Å². The molecule has 2 aromatic carbocycles. The number of nitrogens with two attached hydrogens (primary N) is 1. The van der Waals surface area contributed by atoms with Crippen LogP contribution in [0.1, 0.15) is 10.4 Å². The van der Waals surface area contributed by atoms with Crippen LogP contribution in [0.5, 0.6) is 0 Å². The van der Waals surface area contributed by atoms with Crippen molar-refractivity contribution in [2.45, 2.75) is 0 Å². The molecule has 3 rings (SSSR count). The number of benzene rings is 2. The number of rotatable bonds is 3. The van der Waals surface area contributed by atoms with Gasteiger partial charge in [0.1, 0.15) is 5.82 Å². The van der Waals surface area contributed by atoms with Crippen LogP contribution in [0.25, 0.3) is 22.6 Å². The summed E-state index contributed by atoms with van der Waals surface area (Å²) in [6.45, 7) is 0. The van der Waals surface area contributed by atoms with Gasteiger partial charge in [-0.05, 0) is 29.8 Å². The van der Waals surface area contributed by atoms with Crippen LogP contribution >= 0.6 is 11.6 Å². The highest BCUT2D eigenvalue weighted by Gasteiger charge is 2.11. The predicted molar refractivity (Wildman–Crippen MR) is 87.6 cm³/mol. The molecule has 5 heteroatoms. The molecular formula is C17H14ClN3O. The number of imidazole rings is 1. The van der Waals surface area contributed by atoms with E-state index < -0.39 is 5.91 Å². The van der Waals surface area contributed by atoms with Crippen LogP contribution in [0.3, 0.4) is 0 Å². The number of nitrogens with zero attached hydrogens (tertiary/aromatic N) is 2. The number of carbonyl (C=O) groups excluding carboxylic acids is 1. The van der Waals surface area contributed by atoms with E-state index in [1.807, 2.05) is 54.2 Å². The maximum Gasteiger partial charge on any atom is 0.248 e. The zero-order valence-electron chi connectivity index (χ0n) is 12.0. The fraction of sp³-hybridized carbons (Fsp3) is 0.0588. The van der Waals surface area contributed by atoms with Crippen molar-refractivity contribution in [1.29, 1.82) is 0 Å². The molecule has 1 amide bonds. The lowest BCUT2D eigenvalue weighted by molar-refractivity contribution is 0.100. The van der Waals surface area contributed by atoms with E-state index in [1.54, 1.807) is 12.1 Å². The summed E-state index contributed by atoms with van der Waals surface area (Å²) in [6.07, 6.45) is 1.82. The fourth-order valence-electron chi connectivity index (χ4n) is 2.35. The van der Waals surface area contributed by atoms with Crippen LogP contribution in [0.15, 0.2) is 54.7 Å². The second kappa shape index (κ2) is 5.66. The van der Waals surface area contributed by atoms with E-state index in [2.05, 4.69) is 4.98 Å². The number of primary amides is 1. The molecule has 1 aromatic heterocycles. The van der Waals surface area contributed by atoms with Crippen LogP contribution in [-0.4, -0.2) is 15.5 Å². The minimum Gasteiger partial charge on any atom is -0.366 e. The number of hydrogen-bond donors (Lipinski definition) is 1. The maximum atomic E-state index is 11.1. The first-order chi connectivity index (χ1) is 10.6. The standard InChI is InChI=1S/C17H14ClN3O/c1-21-15(11-6-8-14(18)9-7-11)10-20-17(21)13-4-2-12(3-5-13)16(19)22/h2-10H,1H3,(H2,19,22). The molecule has 4 nitrogen and oxygen atoms in total. The summed E-state index contributed by atoms with van der Waals surface area (Å²) in [6, 6.07) is 14.7. The molecule has 0 spiro atoms. The molecular weight excluding hydrogens is 298 g/mol. The van der Waals surface area contributed by atoms with Crippen molar-refractivity contribution in [1.82, 2.24) is 9.55 Å². The minimum atomic E-state index is -0.437. The molecule has 0 radical (unpaired) electrons. The highest BCUT2D eigenvalue weighted by Crippen LogP contribution is 2.26. The average Bonchev–Trinajstić information content (AvgIpc) is 2.90. The molecule has 3 aromatic rings. The molecule has 0 saturated heterocycles. The van der Waals surface area contributed by atoms with Crippen molar-refractivity contribution in [2.24, 2.45) is 12.8 Å². The van der Waals surface area contributed by atoms with Crippen molar-refractivity contribution < 1.29 is 4.79 Å². The summed E-state index contributed by atoms with van der Waals surface area (Å²) in [5, 5.41) is 0.702. The van der Waals surface area contributed by atoms with Gasteiger partial charge in [0.05, 0.1) is 11.9 Å². The lowest BCUT2D eigenvalue weighted by atomic mass is 10.1. The number of carbonyl (C=O) groups is 1. The van der Waals surface area contributed by atoms with Crippen LogP contribution < -0.4 is 5.73 Å². The topological polar surface area (TPSA) is 60.9 Å². The van der Waals surface area contributed by atoms with E-state index in [-0.39, 0.29) is 0 Å². The predicted octanol–water partition coefficient (Wildman–Crippen LogP) is 3.51. The van der Waals surface area contributed by atoms with E-state index in [9.17, 15) is 4.79 Å². The number of hydrogen-bond acceptors (Lipinski definition) is 2. The van der Waals surface area contributed by atoms with Gasteiger partial charge in [-0.1, -0.05) is 35.9 Å². The third-order valence-electron chi connectivity index (χ3n) is 3.56. The van der Waals surface area contributed by atoms with Gasteiger partial charge in [-0.15, -0.1) is 0 Å². The minimum absolute atomic E-state index is 0.437. The molecule has 0 bridgehead atoms. The molecule has 0 fully saturated rings. The number of amides is 1. The SMILES string of the molecule is Cn1c(-c2ccc(Cl)cc2)cnc1-c1ccc(C(N)=O)cc1. The van der Waals surface area contributed by atoms with Crippen molar-refractivity contribution >= 4 is 17.5 Å². The van der Waals surface area contributed by atoms with Crippen LogP contribution in [-0.2, 0) is 7.05 Å². The number of halogens is 1. The first-order valence-corrected chi connectivity index (χ1v) is 7.12. The van der Waals surface area contributed by atoms with E-state index in [1.165, 1.54) is 0 Å². The quantitative estimate of drug-likeness (QED) is 0.804. The van der Waals surface area contributed by atoms with Crippen molar-refractivity contribution in [3.63, 3.8) is 0 Å². The summed E-state index contributed by atoms with van der Waals surface area (Å²) >= 11 is 5.92. The normalized spacial score (nSPS) is 10.6. The summed E-state index contributed by atoms with van der Waals surface area (Å²) < 4.78 is 2.00. The van der Waals surface area contributed by atoms with Gasteiger partial charge in [0.25, 0.3) is 0 Å². The Morgan fingerprint density at radius 2 is 1.64 bits per heavy atom. The van der Waals surface area contributed by atoms with Gasteiger partial charge >= 0.3 is 0 Å². The van der Waals surface area contributed by atoms with Gasteiger partial charge in [-0.3, -0.25) is 4.79 Å². The summed E-state index contributed by atoms with van der Waals surface area (Å²) in [5.41, 5.74) is 8.69. The number of aromatic nitrogens is 2. The Labute approximate surface area is 133 Å². The highest BCUT2D eigenvalue weighted by atomic mass is 35.5. The smallest absolute Gasteiger partial charge is 0.248 e. The Morgan fingerprint density at radius 3 is 2.23 bits per heavy atom. The Hall–Kier alpha value is -2.59. The molecule has 0 aliphatic heterocycles. The van der Waals surface area contributed by atoms with Gasteiger partial charge in [-0.2, -0.15) is 0 Å². The molecule has 110 valence electrons. The van der Waals surface area contributed by atoms with Crippen molar-refractivity contribution in [2.75, 3.05) is 0 Å². The third-order valence-corrected chi connectivity index (χ3v) is 3.81. The lowest BCUT2D eigenvalue weighted by Gasteiger charge is -2.07. The van der Waals surface area contributed by atoms with Gasteiger partial charge in [0, 0.05) is 23.2 Å². The molecule has 0 aliphatic rings. The fourth-order valence-corrected chi connectivity index (χ4v) is 2.48. The van der Waals surface area contributed by atoms with Gasteiger partial charge in [-0.25, -0.2) is 4.98 Å². The van der Waals surface area contributed by atoms with Crippen LogP contribution in [0.4, 0.5) is 0 Å². The average molecular weight is 312 g/mol. The summed E-state index contributed by atoms with van der Waals surface area (Å²) in [7, 11) is 1.95. The zero-order chi connectivity index (χ0) is 15.7. The summed E-state index contributed by atoms with van der Waals surface area (Å²) in [5.74, 6) is 0.384. The van der Waals surface area contributed by atoms with Crippen LogP contribution in [0, 0.1) is 0 Å². The molecule has 22 heavy (non-hydrogen) atoms. The second-order valence-corrected chi connectivity index (χ2v) is 5.41. The first kappa shape index (κ1) is 14.4. The van der Waals surface area contributed by atoms with Gasteiger partial charge < -0.3 is 10.3 Å². The van der Waals surface area contributed by atoms with Crippen molar-refractivity contribution in [3.05, 3.63) is 65.3 Å². The second-order valence-electron chi connectivity index (χ2n) is 4.97. The molecule has 1 heterocycles. The Bertz CT molecular complexity index is 820. The molecule has 2 N–H and O–H groups in total. The van der Waals surface area contributed by atoms with E-state index in [0.717, 1.165) is 22.6 Å². The molecule has 0 unspecified atom stereocenters. The molecule has 0 atom stereocenters. The molecule has 0 saturated carbocycles. The van der Waals surface area contributed by atoms with Gasteiger partial charge in [0.2, 0.25) is 5.91 Å². The lowest BCUT2D eigenvalue weighted by Crippen LogP contribution is -2.10. The zero-order valence-corrected chi connectivity index (χ0v) is 12.7. The summed E-state index contributed by atoms with van der Waals surface area (Å²) in [4.78, 5) is 15.6. The Morgan fingerprint density at radius 1 is 1.05 bits per heavy atom. The van der Waals surface area contributed by atoms with Crippen molar-refractivity contribution in [3.8, 4) is 22.6 Å². The first-order valence-electron chi connectivity index (χ1n) is 6.74. The monoisotopic (exact) mass is 311 g/mol. The van der Waals surface area contributed by atoms with E-state index in [0.29, 0.717) is 10.6 Å². The highest BCUT2D eigenvalue weighted by molar-refractivity contribution is 6.30. The third kappa shape index (κ3) is 2.61. The van der Waals surface area contributed by atoms with Crippen LogP contribution in [0.2, 0.25) is 5.02 Å². The van der Waals surface area contributed by atoms with E-state index in [4.69, 9.17) is 17.3 Å². The largest absolute Gasteiger partial charge is 0.366 e. The molecule has 0 aliphatic carbocycles.